The third-order valence-electron chi connectivity index (χ3n) is 4.05. The first kappa shape index (κ1) is 11.5. The van der Waals surface area contributed by atoms with Gasteiger partial charge in [-0.3, -0.25) is 4.68 Å². The van der Waals surface area contributed by atoms with Crippen molar-refractivity contribution in [1.82, 2.24) is 15.1 Å². The van der Waals surface area contributed by atoms with Gasteiger partial charge < -0.3 is 5.32 Å². The molecule has 2 aromatic rings. The van der Waals surface area contributed by atoms with E-state index in [0.29, 0.717) is 6.04 Å². The van der Waals surface area contributed by atoms with Crippen molar-refractivity contribution in [2.45, 2.75) is 33.4 Å². The molecule has 0 fully saturated rings. The van der Waals surface area contributed by atoms with E-state index >= 15 is 0 Å². The Kier molecular flexibility index (Phi) is 2.71. The highest BCUT2D eigenvalue weighted by Gasteiger charge is 2.23. The number of rotatable bonds is 1. The lowest BCUT2D eigenvalue weighted by atomic mass is 9.96. The minimum Gasteiger partial charge on any atom is -0.310 e. The molecule has 3 nitrogen and oxygen atoms in total. The quantitative estimate of drug-likeness (QED) is 0.831. The first-order valence-corrected chi connectivity index (χ1v) is 6.49. The van der Waals surface area contributed by atoms with E-state index < -0.39 is 0 Å². The van der Waals surface area contributed by atoms with Crippen molar-refractivity contribution in [3.8, 4) is 0 Å². The second kappa shape index (κ2) is 4.25. The molecular formula is C15H19N3. The van der Waals surface area contributed by atoms with E-state index in [0.717, 1.165) is 18.8 Å². The highest BCUT2D eigenvalue weighted by atomic mass is 15.3. The summed E-state index contributed by atoms with van der Waals surface area (Å²) in [5, 5.41) is 8.19. The molecule has 0 saturated carbocycles. The minimum absolute atomic E-state index is 0.322. The van der Waals surface area contributed by atoms with Crippen LogP contribution in [0.4, 0.5) is 0 Å². The van der Waals surface area contributed by atoms with Crippen LogP contribution in [0.2, 0.25) is 0 Å². The normalized spacial score (nSPS) is 18.7. The molecule has 1 aromatic carbocycles. The largest absolute Gasteiger partial charge is 0.310 e. The van der Waals surface area contributed by atoms with Crippen molar-refractivity contribution in [3.05, 3.63) is 52.3 Å². The lowest BCUT2D eigenvalue weighted by molar-refractivity contribution is 0.443. The summed E-state index contributed by atoms with van der Waals surface area (Å²) in [6, 6.07) is 8.98. The van der Waals surface area contributed by atoms with Crippen LogP contribution in [0.5, 0.6) is 0 Å². The van der Waals surface area contributed by atoms with Crippen LogP contribution >= 0.6 is 0 Å². The van der Waals surface area contributed by atoms with Gasteiger partial charge in [0, 0.05) is 18.8 Å². The molecule has 0 radical (unpaired) electrons. The molecule has 1 atom stereocenters. The van der Waals surface area contributed by atoms with Gasteiger partial charge in [-0.05, 0) is 37.5 Å². The van der Waals surface area contributed by atoms with Gasteiger partial charge in [0.25, 0.3) is 0 Å². The zero-order valence-electron chi connectivity index (χ0n) is 11.2. The number of benzene rings is 1. The van der Waals surface area contributed by atoms with Crippen LogP contribution in [0.1, 0.15) is 34.1 Å². The van der Waals surface area contributed by atoms with Crippen molar-refractivity contribution in [2.75, 3.05) is 6.54 Å². The molecule has 18 heavy (non-hydrogen) atoms. The van der Waals surface area contributed by atoms with Crippen molar-refractivity contribution < 1.29 is 0 Å². The SMILES string of the molecule is Cc1nn(C2CNCc3ccccc32)c(C)c1C. The van der Waals surface area contributed by atoms with E-state index in [2.05, 4.69) is 55.0 Å². The predicted octanol–water partition coefficient (Wildman–Crippen LogP) is 2.50. The Labute approximate surface area is 108 Å². The van der Waals surface area contributed by atoms with E-state index in [1.165, 1.54) is 22.4 Å². The van der Waals surface area contributed by atoms with Gasteiger partial charge in [0.05, 0.1) is 11.7 Å². The van der Waals surface area contributed by atoms with Gasteiger partial charge in [-0.15, -0.1) is 0 Å². The lowest BCUT2D eigenvalue weighted by Crippen LogP contribution is -2.33. The summed E-state index contributed by atoms with van der Waals surface area (Å²) in [4.78, 5) is 0. The van der Waals surface area contributed by atoms with Crippen LogP contribution in [0.15, 0.2) is 24.3 Å². The predicted molar refractivity (Wildman–Crippen MR) is 72.7 cm³/mol. The van der Waals surface area contributed by atoms with Gasteiger partial charge in [0.2, 0.25) is 0 Å². The van der Waals surface area contributed by atoms with Gasteiger partial charge in [-0.25, -0.2) is 0 Å². The Hall–Kier alpha value is -1.61. The topological polar surface area (TPSA) is 29.9 Å². The molecule has 0 spiro atoms. The Morgan fingerprint density at radius 2 is 2.00 bits per heavy atom. The molecule has 0 saturated heterocycles. The average Bonchev–Trinajstić information content (AvgIpc) is 2.66. The third kappa shape index (κ3) is 1.66. The van der Waals surface area contributed by atoms with E-state index in [1.807, 2.05) is 0 Å². The first-order chi connectivity index (χ1) is 8.68. The fourth-order valence-corrected chi connectivity index (χ4v) is 2.74. The summed E-state index contributed by atoms with van der Waals surface area (Å²) in [6.45, 7) is 8.31. The maximum Gasteiger partial charge on any atom is 0.0899 e. The van der Waals surface area contributed by atoms with Gasteiger partial charge in [-0.1, -0.05) is 24.3 Å². The van der Waals surface area contributed by atoms with Gasteiger partial charge in [0.1, 0.15) is 0 Å². The molecule has 0 amide bonds. The number of nitrogens with zero attached hydrogens (tertiary/aromatic N) is 2. The minimum atomic E-state index is 0.322. The van der Waals surface area contributed by atoms with E-state index in [1.54, 1.807) is 0 Å². The average molecular weight is 241 g/mol. The monoisotopic (exact) mass is 241 g/mol. The van der Waals surface area contributed by atoms with Crippen LogP contribution in [-0.4, -0.2) is 16.3 Å². The molecule has 3 heteroatoms. The number of hydrogen-bond donors (Lipinski definition) is 1. The van der Waals surface area contributed by atoms with Crippen molar-refractivity contribution in [3.63, 3.8) is 0 Å². The van der Waals surface area contributed by atoms with E-state index in [9.17, 15) is 0 Å². The van der Waals surface area contributed by atoms with Crippen molar-refractivity contribution in [1.29, 1.82) is 0 Å². The summed E-state index contributed by atoms with van der Waals surface area (Å²) in [5.41, 5.74) is 6.51. The number of aromatic nitrogens is 2. The van der Waals surface area contributed by atoms with Crippen LogP contribution in [0.25, 0.3) is 0 Å². The van der Waals surface area contributed by atoms with Crippen molar-refractivity contribution in [2.24, 2.45) is 0 Å². The Bertz CT molecular complexity index is 583. The maximum atomic E-state index is 4.71. The standard InChI is InChI=1S/C15H19N3/c1-10-11(2)17-18(12(10)3)15-9-16-8-13-6-4-5-7-14(13)15/h4-7,15-16H,8-9H2,1-3H3. The summed E-state index contributed by atoms with van der Waals surface area (Å²) in [7, 11) is 0. The summed E-state index contributed by atoms with van der Waals surface area (Å²) in [5.74, 6) is 0. The zero-order chi connectivity index (χ0) is 12.7. The fourth-order valence-electron chi connectivity index (χ4n) is 2.74. The van der Waals surface area contributed by atoms with Crippen LogP contribution in [0, 0.1) is 20.8 Å². The number of aryl methyl sites for hydroxylation is 1. The summed E-state index contributed by atoms with van der Waals surface area (Å²) in [6.07, 6.45) is 0. The molecule has 1 aliphatic rings. The molecule has 1 aromatic heterocycles. The highest BCUT2D eigenvalue weighted by molar-refractivity contribution is 5.34. The maximum absolute atomic E-state index is 4.71. The Morgan fingerprint density at radius 1 is 1.22 bits per heavy atom. The van der Waals surface area contributed by atoms with E-state index in [-0.39, 0.29) is 0 Å². The smallest absolute Gasteiger partial charge is 0.0899 e. The third-order valence-corrected chi connectivity index (χ3v) is 4.05. The van der Waals surface area contributed by atoms with E-state index in [4.69, 9.17) is 5.10 Å². The molecule has 1 N–H and O–H groups in total. The summed E-state index contributed by atoms with van der Waals surface area (Å²) >= 11 is 0. The highest BCUT2D eigenvalue weighted by Crippen LogP contribution is 2.27. The van der Waals surface area contributed by atoms with Gasteiger partial charge >= 0.3 is 0 Å². The van der Waals surface area contributed by atoms with Crippen LogP contribution in [-0.2, 0) is 6.54 Å². The fraction of sp³-hybridized carbons (Fsp3) is 0.400. The molecule has 1 unspecified atom stereocenters. The number of fused-ring (bicyclic) bond motifs is 1. The number of nitrogens with one attached hydrogen (secondary N) is 1. The lowest BCUT2D eigenvalue weighted by Gasteiger charge is -2.27. The molecule has 3 rings (SSSR count). The molecule has 2 heterocycles. The van der Waals surface area contributed by atoms with Gasteiger partial charge in [-0.2, -0.15) is 5.10 Å². The molecular weight excluding hydrogens is 222 g/mol. The molecule has 0 aliphatic carbocycles. The molecule has 94 valence electrons. The molecule has 1 aliphatic heterocycles. The van der Waals surface area contributed by atoms with Gasteiger partial charge in [0.15, 0.2) is 0 Å². The molecule has 0 bridgehead atoms. The summed E-state index contributed by atoms with van der Waals surface area (Å²) < 4.78 is 2.18. The number of hydrogen-bond acceptors (Lipinski definition) is 2. The Morgan fingerprint density at radius 3 is 2.72 bits per heavy atom. The second-order valence-corrected chi connectivity index (χ2v) is 5.09. The van der Waals surface area contributed by atoms with Crippen LogP contribution in [0.3, 0.4) is 0 Å². The van der Waals surface area contributed by atoms with Crippen molar-refractivity contribution >= 4 is 0 Å². The Balaban J connectivity index is 2.11. The second-order valence-electron chi connectivity index (χ2n) is 5.09. The zero-order valence-corrected chi connectivity index (χ0v) is 11.2. The first-order valence-electron chi connectivity index (χ1n) is 6.49. The van der Waals surface area contributed by atoms with Crippen LogP contribution < -0.4 is 5.32 Å².